The quantitative estimate of drug-likeness (QED) is 0.638. The van der Waals surface area contributed by atoms with Crippen molar-refractivity contribution in [3.05, 3.63) is 12.0 Å². The molecule has 10 heavy (non-hydrogen) atoms. The molecule has 0 fully saturated rings. The lowest BCUT2D eigenvalue weighted by Gasteiger charge is -2.07. The number of nitrogens with two attached hydrogens (primary N) is 1. The molecule has 1 heterocycles. The molecule has 0 aromatic carbocycles. The molecule has 1 rings (SSSR count). The molecule has 0 amide bonds. The SMILES string of the molecule is Cc1c(N)ncn1C(C)C. The van der Waals surface area contributed by atoms with Crippen LogP contribution in [-0.4, -0.2) is 9.55 Å². The fourth-order valence-corrected chi connectivity index (χ4v) is 0.957. The Morgan fingerprint density at radius 1 is 1.60 bits per heavy atom. The zero-order valence-corrected chi connectivity index (χ0v) is 6.63. The third-order valence-corrected chi connectivity index (χ3v) is 1.64. The highest BCUT2D eigenvalue weighted by Gasteiger charge is 2.03. The molecule has 0 aliphatic carbocycles. The molecule has 3 heteroatoms. The first-order valence-corrected chi connectivity index (χ1v) is 3.42. The van der Waals surface area contributed by atoms with E-state index >= 15 is 0 Å². The highest BCUT2D eigenvalue weighted by molar-refractivity contribution is 5.33. The monoisotopic (exact) mass is 139 g/mol. The highest BCUT2D eigenvalue weighted by atomic mass is 15.1. The third kappa shape index (κ3) is 0.988. The summed E-state index contributed by atoms with van der Waals surface area (Å²) in [5, 5.41) is 0. The van der Waals surface area contributed by atoms with Crippen molar-refractivity contribution in [2.75, 3.05) is 5.73 Å². The zero-order valence-electron chi connectivity index (χ0n) is 6.63. The van der Waals surface area contributed by atoms with Crippen molar-refractivity contribution >= 4 is 5.82 Å². The van der Waals surface area contributed by atoms with Gasteiger partial charge in [0.2, 0.25) is 0 Å². The summed E-state index contributed by atoms with van der Waals surface area (Å²) in [6.07, 6.45) is 1.77. The number of hydrogen-bond donors (Lipinski definition) is 1. The minimum Gasteiger partial charge on any atom is -0.382 e. The van der Waals surface area contributed by atoms with Gasteiger partial charge in [-0.25, -0.2) is 4.98 Å². The summed E-state index contributed by atoms with van der Waals surface area (Å²) >= 11 is 0. The maximum absolute atomic E-state index is 5.55. The summed E-state index contributed by atoms with van der Waals surface area (Å²) in [6, 6.07) is 0.449. The van der Waals surface area contributed by atoms with E-state index in [9.17, 15) is 0 Å². The third-order valence-electron chi connectivity index (χ3n) is 1.64. The van der Waals surface area contributed by atoms with Gasteiger partial charge in [0, 0.05) is 6.04 Å². The molecule has 0 atom stereocenters. The summed E-state index contributed by atoms with van der Waals surface area (Å²) < 4.78 is 2.05. The van der Waals surface area contributed by atoms with Crippen LogP contribution in [0.15, 0.2) is 6.33 Å². The van der Waals surface area contributed by atoms with E-state index in [4.69, 9.17) is 5.73 Å². The smallest absolute Gasteiger partial charge is 0.144 e. The topological polar surface area (TPSA) is 43.8 Å². The second-order valence-corrected chi connectivity index (χ2v) is 2.72. The van der Waals surface area contributed by atoms with E-state index in [-0.39, 0.29) is 0 Å². The first-order valence-electron chi connectivity index (χ1n) is 3.42. The molecule has 0 aliphatic heterocycles. The molecule has 0 radical (unpaired) electrons. The lowest BCUT2D eigenvalue weighted by atomic mass is 10.3. The summed E-state index contributed by atoms with van der Waals surface area (Å²) in [4.78, 5) is 3.98. The predicted octanol–water partition coefficient (Wildman–Crippen LogP) is 1.35. The van der Waals surface area contributed by atoms with Crippen LogP contribution in [0, 0.1) is 6.92 Å². The van der Waals surface area contributed by atoms with Gasteiger partial charge in [-0.2, -0.15) is 0 Å². The van der Waals surface area contributed by atoms with E-state index in [1.165, 1.54) is 0 Å². The Labute approximate surface area is 60.9 Å². The van der Waals surface area contributed by atoms with Crippen LogP contribution in [-0.2, 0) is 0 Å². The van der Waals surface area contributed by atoms with Gasteiger partial charge >= 0.3 is 0 Å². The predicted molar refractivity (Wildman–Crippen MR) is 41.8 cm³/mol. The summed E-state index contributed by atoms with van der Waals surface area (Å²) in [5.74, 6) is 0.633. The van der Waals surface area contributed by atoms with Crippen molar-refractivity contribution in [2.45, 2.75) is 26.8 Å². The van der Waals surface area contributed by atoms with E-state index in [0.29, 0.717) is 11.9 Å². The molecule has 0 saturated heterocycles. The zero-order chi connectivity index (χ0) is 7.72. The second kappa shape index (κ2) is 2.33. The first kappa shape index (κ1) is 7.12. The lowest BCUT2D eigenvalue weighted by Crippen LogP contribution is -2.01. The molecule has 0 aliphatic rings. The van der Waals surface area contributed by atoms with Crippen LogP contribution in [0.1, 0.15) is 25.6 Å². The van der Waals surface area contributed by atoms with Gasteiger partial charge in [-0.1, -0.05) is 0 Å². The van der Waals surface area contributed by atoms with Crippen LogP contribution in [0.4, 0.5) is 5.82 Å². The number of nitrogens with zero attached hydrogens (tertiary/aromatic N) is 2. The van der Waals surface area contributed by atoms with Crippen LogP contribution in [0.3, 0.4) is 0 Å². The number of imidazole rings is 1. The number of anilines is 1. The Hall–Kier alpha value is -0.990. The number of rotatable bonds is 1. The molecule has 3 nitrogen and oxygen atoms in total. The molecular weight excluding hydrogens is 126 g/mol. The average Bonchev–Trinajstić information content (AvgIpc) is 2.14. The Bertz CT molecular complexity index is 225. The fourth-order valence-electron chi connectivity index (χ4n) is 0.957. The van der Waals surface area contributed by atoms with E-state index in [1.807, 2.05) is 6.92 Å². The van der Waals surface area contributed by atoms with Gasteiger partial charge in [0.1, 0.15) is 5.82 Å². The second-order valence-electron chi connectivity index (χ2n) is 2.72. The Kier molecular flexibility index (Phi) is 1.66. The highest BCUT2D eigenvalue weighted by Crippen LogP contribution is 2.12. The molecule has 0 spiro atoms. The molecule has 0 unspecified atom stereocenters. The van der Waals surface area contributed by atoms with Gasteiger partial charge < -0.3 is 10.3 Å². The summed E-state index contributed by atoms with van der Waals surface area (Å²) in [5.41, 5.74) is 6.60. The van der Waals surface area contributed by atoms with Gasteiger partial charge in [-0.15, -0.1) is 0 Å². The van der Waals surface area contributed by atoms with Gasteiger partial charge in [0.05, 0.1) is 12.0 Å². The molecular formula is C7H13N3. The summed E-state index contributed by atoms with van der Waals surface area (Å²) in [7, 11) is 0. The minimum atomic E-state index is 0.449. The molecule has 1 aromatic heterocycles. The van der Waals surface area contributed by atoms with Crippen molar-refractivity contribution < 1.29 is 0 Å². The van der Waals surface area contributed by atoms with Gasteiger partial charge in [0.15, 0.2) is 0 Å². The minimum absolute atomic E-state index is 0.449. The van der Waals surface area contributed by atoms with Crippen molar-refractivity contribution in [3.63, 3.8) is 0 Å². The van der Waals surface area contributed by atoms with Gasteiger partial charge in [-0.3, -0.25) is 0 Å². The number of hydrogen-bond acceptors (Lipinski definition) is 2. The Morgan fingerprint density at radius 2 is 2.20 bits per heavy atom. The fraction of sp³-hybridized carbons (Fsp3) is 0.571. The average molecular weight is 139 g/mol. The van der Waals surface area contributed by atoms with E-state index in [0.717, 1.165) is 5.69 Å². The van der Waals surface area contributed by atoms with Crippen molar-refractivity contribution in [1.29, 1.82) is 0 Å². The lowest BCUT2D eigenvalue weighted by molar-refractivity contribution is 0.586. The van der Waals surface area contributed by atoms with Crippen molar-refractivity contribution in [3.8, 4) is 0 Å². The van der Waals surface area contributed by atoms with Crippen molar-refractivity contribution in [1.82, 2.24) is 9.55 Å². The van der Waals surface area contributed by atoms with Crippen LogP contribution < -0.4 is 5.73 Å². The maximum Gasteiger partial charge on any atom is 0.144 e. The van der Waals surface area contributed by atoms with E-state index in [1.54, 1.807) is 6.33 Å². The molecule has 56 valence electrons. The van der Waals surface area contributed by atoms with E-state index in [2.05, 4.69) is 23.4 Å². The first-order chi connectivity index (χ1) is 4.63. The van der Waals surface area contributed by atoms with E-state index < -0.39 is 0 Å². The molecule has 0 saturated carbocycles. The molecule has 0 bridgehead atoms. The Morgan fingerprint density at radius 3 is 2.40 bits per heavy atom. The number of aromatic nitrogens is 2. The molecule has 2 N–H and O–H groups in total. The molecule has 1 aromatic rings. The summed E-state index contributed by atoms with van der Waals surface area (Å²) in [6.45, 7) is 6.19. The largest absolute Gasteiger partial charge is 0.382 e. The normalized spacial score (nSPS) is 10.8. The van der Waals surface area contributed by atoms with Crippen LogP contribution in [0.25, 0.3) is 0 Å². The maximum atomic E-state index is 5.55. The van der Waals surface area contributed by atoms with Crippen molar-refractivity contribution in [2.24, 2.45) is 0 Å². The van der Waals surface area contributed by atoms with Crippen LogP contribution in [0.5, 0.6) is 0 Å². The Balaban J connectivity index is 3.05. The standard InChI is InChI=1S/C7H13N3/c1-5(2)10-4-9-7(8)6(10)3/h4-5H,8H2,1-3H3. The van der Waals surface area contributed by atoms with Gasteiger partial charge in [0.25, 0.3) is 0 Å². The van der Waals surface area contributed by atoms with Gasteiger partial charge in [-0.05, 0) is 20.8 Å². The van der Waals surface area contributed by atoms with Crippen LogP contribution in [0.2, 0.25) is 0 Å². The number of nitrogen functional groups attached to an aromatic ring is 1. The van der Waals surface area contributed by atoms with Crippen LogP contribution >= 0.6 is 0 Å².